The van der Waals surface area contributed by atoms with Gasteiger partial charge in [0, 0.05) is 23.7 Å². The molecule has 2 fully saturated rings. The van der Waals surface area contributed by atoms with Gasteiger partial charge in [0.15, 0.2) is 0 Å². The number of amides is 2. The third-order valence-electron chi connectivity index (χ3n) is 5.53. The van der Waals surface area contributed by atoms with Crippen molar-refractivity contribution in [3.8, 4) is 0 Å². The van der Waals surface area contributed by atoms with Crippen LogP contribution in [0.25, 0.3) is 0 Å². The first-order valence-electron chi connectivity index (χ1n) is 9.66. The maximum absolute atomic E-state index is 13.1. The van der Waals surface area contributed by atoms with E-state index in [4.69, 9.17) is 0 Å². The fourth-order valence-corrected chi connectivity index (χ4v) is 4.21. The van der Waals surface area contributed by atoms with Crippen molar-refractivity contribution in [2.75, 3.05) is 0 Å². The Kier molecular flexibility index (Phi) is 6.70. The van der Waals surface area contributed by atoms with Crippen molar-refractivity contribution in [1.82, 2.24) is 16.0 Å². The number of halogens is 1. The Morgan fingerprint density at radius 2 is 1.46 bits per heavy atom. The van der Waals surface area contributed by atoms with Crippen molar-refractivity contribution in [2.45, 2.75) is 49.9 Å². The van der Waals surface area contributed by atoms with E-state index in [2.05, 4.69) is 16.0 Å². The smallest absolute Gasteiger partial charge is 0.252 e. The van der Waals surface area contributed by atoms with E-state index in [1.807, 2.05) is 48.5 Å². The number of fused-ring (bicyclic) bond motifs is 2. The van der Waals surface area contributed by atoms with Crippen molar-refractivity contribution in [1.29, 1.82) is 0 Å². The number of hydrogen-bond donors (Lipinski definition) is 3. The molecule has 2 aromatic rings. The molecule has 4 rings (SSSR count). The van der Waals surface area contributed by atoms with E-state index < -0.39 is 6.04 Å². The van der Waals surface area contributed by atoms with Gasteiger partial charge < -0.3 is 16.0 Å². The van der Waals surface area contributed by atoms with Crippen LogP contribution in [0.15, 0.2) is 60.7 Å². The van der Waals surface area contributed by atoms with E-state index in [9.17, 15) is 9.59 Å². The van der Waals surface area contributed by atoms with Crippen molar-refractivity contribution in [2.24, 2.45) is 0 Å². The molecule has 3 N–H and O–H groups in total. The highest BCUT2D eigenvalue weighted by atomic mass is 35.5. The van der Waals surface area contributed by atoms with Gasteiger partial charge in [0.25, 0.3) is 5.91 Å². The molecule has 5 nitrogen and oxygen atoms in total. The van der Waals surface area contributed by atoms with Crippen LogP contribution >= 0.6 is 12.4 Å². The predicted octanol–water partition coefficient (Wildman–Crippen LogP) is 2.98. The molecular formula is C22H26ClN3O2. The molecule has 2 aliphatic rings. The van der Waals surface area contributed by atoms with E-state index in [1.165, 1.54) is 12.8 Å². The van der Waals surface area contributed by atoms with Gasteiger partial charge >= 0.3 is 0 Å². The quantitative estimate of drug-likeness (QED) is 0.723. The highest BCUT2D eigenvalue weighted by Gasteiger charge is 2.35. The summed E-state index contributed by atoms with van der Waals surface area (Å²) in [7, 11) is 0. The molecule has 3 atom stereocenters. The molecule has 0 saturated carbocycles. The van der Waals surface area contributed by atoms with Crippen LogP contribution in [0.1, 0.15) is 47.6 Å². The van der Waals surface area contributed by atoms with Gasteiger partial charge in [0.05, 0.1) is 0 Å². The molecule has 28 heavy (non-hydrogen) atoms. The zero-order valence-electron chi connectivity index (χ0n) is 15.6. The average Bonchev–Trinajstić information content (AvgIpc) is 3.05. The summed E-state index contributed by atoms with van der Waals surface area (Å²) in [5.74, 6) is -0.387. The van der Waals surface area contributed by atoms with Gasteiger partial charge in [-0.3, -0.25) is 9.59 Å². The van der Waals surface area contributed by atoms with E-state index >= 15 is 0 Å². The normalized spacial score (nSPS) is 23.9. The summed E-state index contributed by atoms with van der Waals surface area (Å²) < 4.78 is 0. The highest BCUT2D eigenvalue weighted by Crippen LogP contribution is 2.27. The van der Waals surface area contributed by atoms with E-state index in [0.29, 0.717) is 17.6 Å². The lowest BCUT2D eigenvalue weighted by Gasteiger charge is -2.31. The van der Waals surface area contributed by atoms with E-state index in [0.717, 1.165) is 18.4 Å². The molecule has 0 spiro atoms. The number of hydrogen-bond acceptors (Lipinski definition) is 3. The molecule has 2 amide bonds. The zero-order valence-corrected chi connectivity index (χ0v) is 16.5. The van der Waals surface area contributed by atoms with Crippen LogP contribution in [0.4, 0.5) is 0 Å². The second-order valence-corrected chi connectivity index (χ2v) is 7.50. The minimum absolute atomic E-state index is 0. The molecule has 0 radical (unpaired) electrons. The molecule has 2 aliphatic heterocycles. The number of benzene rings is 2. The largest absolute Gasteiger partial charge is 0.351 e. The first kappa shape index (κ1) is 20.4. The van der Waals surface area contributed by atoms with Crippen LogP contribution in [-0.4, -0.2) is 29.9 Å². The molecule has 2 heterocycles. The Bertz CT molecular complexity index is 788. The molecule has 2 bridgehead atoms. The minimum atomic E-state index is -0.702. The van der Waals surface area contributed by atoms with Gasteiger partial charge in [-0.2, -0.15) is 0 Å². The summed E-state index contributed by atoms with van der Waals surface area (Å²) in [6.45, 7) is 0. The molecule has 3 unspecified atom stereocenters. The second kappa shape index (κ2) is 9.22. The van der Waals surface area contributed by atoms with Crippen LogP contribution in [0, 0.1) is 0 Å². The maximum atomic E-state index is 13.1. The van der Waals surface area contributed by atoms with Crippen LogP contribution in [0.5, 0.6) is 0 Å². The SMILES string of the molecule is Cl.O=C(NC(C(=O)NC1CC2CCC(C1)N2)c1ccccc1)c1ccccc1. The van der Waals surface area contributed by atoms with Crippen LogP contribution in [0.2, 0.25) is 0 Å². The third kappa shape index (κ3) is 4.72. The Balaban J connectivity index is 0.00000225. The predicted molar refractivity (Wildman–Crippen MR) is 111 cm³/mol. The second-order valence-electron chi connectivity index (χ2n) is 7.50. The van der Waals surface area contributed by atoms with Gasteiger partial charge in [-0.25, -0.2) is 0 Å². The summed E-state index contributed by atoms with van der Waals surface area (Å²) in [4.78, 5) is 25.7. The molecule has 0 aromatic heterocycles. The molecule has 148 valence electrons. The molecular weight excluding hydrogens is 374 g/mol. The van der Waals surface area contributed by atoms with Crippen molar-refractivity contribution in [3.63, 3.8) is 0 Å². The fraction of sp³-hybridized carbons (Fsp3) is 0.364. The number of nitrogens with one attached hydrogen (secondary N) is 3. The minimum Gasteiger partial charge on any atom is -0.351 e. The first-order chi connectivity index (χ1) is 13.2. The van der Waals surface area contributed by atoms with Crippen LogP contribution in [-0.2, 0) is 4.79 Å². The van der Waals surface area contributed by atoms with Gasteiger partial charge in [-0.05, 0) is 43.4 Å². The Labute approximate surface area is 171 Å². The number of piperidine rings is 1. The summed E-state index contributed by atoms with van der Waals surface area (Å²) in [6.07, 6.45) is 4.28. The topological polar surface area (TPSA) is 70.2 Å². The van der Waals surface area contributed by atoms with Crippen LogP contribution in [0.3, 0.4) is 0 Å². The van der Waals surface area contributed by atoms with Crippen LogP contribution < -0.4 is 16.0 Å². The Morgan fingerprint density at radius 3 is 2.07 bits per heavy atom. The fourth-order valence-electron chi connectivity index (χ4n) is 4.21. The Hall–Kier alpha value is -2.37. The van der Waals surface area contributed by atoms with E-state index in [-0.39, 0.29) is 30.3 Å². The molecule has 6 heteroatoms. The van der Waals surface area contributed by atoms with Crippen molar-refractivity contribution >= 4 is 24.2 Å². The molecule has 2 saturated heterocycles. The van der Waals surface area contributed by atoms with Crippen molar-refractivity contribution < 1.29 is 9.59 Å². The van der Waals surface area contributed by atoms with Crippen molar-refractivity contribution in [3.05, 3.63) is 71.8 Å². The Morgan fingerprint density at radius 1 is 0.893 bits per heavy atom. The lowest BCUT2D eigenvalue weighted by molar-refractivity contribution is -0.124. The average molecular weight is 400 g/mol. The highest BCUT2D eigenvalue weighted by molar-refractivity contribution is 5.97. The summed E-state index contributed by atoms with van der Waals surface area (Å²) in [5.41, 5.74) is 1.34. The summed E-state index contributed by atoms with van der Waals surface area (Å²) in [5, 5.41) is 9.68. The first-order valence-corrected chi connectivity index (χ1v) is 9.66. The van der Waals surface area contributed by atoms with Gasteiger partial charge in [0.2, 0.25) is 5.91 Å². The molecule has 0 aliphatic carbocycles. The lowest BCUT2D eigenvalue weighted by atomic mass is 9.98. The molecule has 2 aromatic carbocycles. The number of rotatable bonds is 5. The lowest BCUT2D eigenvalue weighted by Crippen LogP contribution is -2.50. The van der Waals surface area contributed by atoms with Gasteiger partial charge in [-0.1, -0.05) is 48.5 Å². The number of carbonyl (C=O) groups is 2. The third-order valence-corrected chi connectivity index (χ3v) is 5.53. The number of carbonyl (C=O) groups excluding carboxylic acids is 2. The van der Waals surface area contributed by atoms with Gasteiger partial charge in [0.1, 0.15) is 6.04 Å². The summed E-state index contributed by atoms with van der Waals surface area (Å²) >= 11 is 0. The monoisotopic (exact) mass is 399 g/mol. The summed E-state index contributed by atoms with van der Waals surface area (Å²) in [6, 6.07) is 18.9. The van der Waals surface area contributed by atoms with Gasteiger partial charge in [-0.15, -0.1) is 12.4 Å². The zero-order chi connectivity index (χ0) is 18.6. The van der Waals surface area contributed by atoms with E-state index in [1.54, 1.807) is 12.1 Å². The standard InChI is InChI=1S/C22H25N3O2.ClH/c26-21(16-9-5-2-6-10-16)25-20(15-7-3-1-4-8-15)22(27)24-19-13-17-11-12-18(14-19)23-17;/h1-10,17-20,23H,11-14H2,(H,24,27)(H,25,26);1H. The maximum Gasteiger partial charge on any atom is 0.252 e.